The summed E-state index contributed by atoms with van der Waals surface area (Å²) in [5.41, 5.74) is 4.55. The second-order valence-electron chi connectivity index (χ2n) is 8.38. The minimum atomic E-state index is -0.168. The highest BCUT2D eigenvalue weighted by atomic mass is 16.1. The topological polar surface area (TPSA) is 93.9 Å². The van der Waals surface area contributed by atoms with Gasteiger partial charge in [0.15, 0.2) is 0 Å². The number of nitrogens with zero attached hydrogens (tertiary/aromatic N) is 4. The highest BCUT2D eigenvalue weighted by molar-refractivity contribution is 5.93. The Morgan fingerprint density at radius 1 is 1.09 bits per heavy atom. The molecule has 2 N–H and O–H groups in total. The molecule has 0 bridgehead atoms. The highest BCUT2D eigenvalue weighted by Crippen LogP contribution is 2.25. The zero-order chi connectivity index (χ0) is 24.5. The van der Waals surface area contributed by atoms with Crippen molar-refractivity contribution in [2.45, 2.75) is 34.1 Å². The van der Waals surface area contributed by atoms with E-state index in [-0.39, 0.29) is 11.8 Å². The first-order valence-corrected chi connectivity index (χ1v) is 11.7. The molecule has 0 radical (unpaired) electrons. The van der Waals surface area contributed by atoms with E-state index in [4.69, 9.17) is 0 Å². The van der Waals surface area contributed by atoms with Crippen molar-refractivity contribution in [3.05, 3.63) is 65.9 Å². The molecular weight excluding hydrogens is 424 g/mol. The Balaban J connectivity index is 1.71. The van der Waals surface area contributed by atoms with Gasteiger partial charge in [-0.2, -0.15) is 5.26 Å². The predicted octanol–water partition coefficient (Wildman–Crippen LogP) is 5.24. The van der Waals surface area contributed by atoms with Crippen molar-refractivity contribution in [2.24, 2.45) is 5.92 Å². The van der Waals surface area contributed by atoms with Crippen LogP contribution in [-0.4, -0.2) is 40.4 Å². The first-order chi connectivity index (χ1) is 16.4. The summed E-state index contributed by atoms with van der Waals surface area (Å²) in [6, 6.07) is 17.6. The summed E-state index contributed by atoms with van der Waals surface area (Å²) in [7, 11) is 0. The molecule has 7 heteroatoms. The molecule has 1 heterocycles. The summed E-state index contributed by atoms with van der Waals surface area (Å²) in [5, 5.41) is 15.6. The Morgan fingerprint density at radius 3 is 2.47 bits per heavy atom. The Bertz CT molecular complexity index is 1150. The number of amides is 1. The largest absolute Gasteiger partial charge is 0.325 e. The van der Waals surface area contributed by atoms with Crippen molar-refractivity contribution < 1.29 is 4.79 Å². The van der Waals surface area contributed by atoms with Gasteiger partial charge in [0.25, 0.3) is 0 Å². The van der Waals surface area contributed by atoms with E-state index in [2.05, 4.69) is 57.6 Å². The van der Waals surface area contributed by atoms with Crippen LogP contribution < -0.4 is 10.6 Å². The van der Waals surface area contributed by atoms with Gasteiger partial charge in [0, 0.05) is 29.9 Å². The maximum Gasteiger partial charge on any atom is 0.227 e. The maximum absolute atomic E-state index is 12.0. The molecule has 3 aromatic rings. The monoisotopic (exact) mass is 456 g/mol. The molecule has 0 aliphatic heterocycles. The van der Waals surface area contributed by atoms with Gasteiger partial charge in [0.1, 0.15) is 6.07 Å². The van der Waals surface area contributed by atoms with Gasteiger partial charge in [-0.05, 0) is 55.4 Å². The van der Waals surface area contributed by atoms with Gasteiger partial charge in [-0.15, -0.1) is 0 Å². The summed E-state index contributed by atoms with van der Waals surface area (Å²) < 4.78 is 0. The number of carbonyl (C=O) groups is 1. The standard InChI is InChI=1S/C27H32N6O/c1-5-33(6-2)16-14-20-7-10-23(11-8-20)30-27-29-15-13-25(32-27)21-9-12-24(22(17-21)18-28)31-26(34)19(3)4/h7-13,15,17,19H,5-6,14,16H2,1-4H3,(H,31,34)(H,29,30,32). The summed E-state index contributed by atoms with van der Waals surface area (Å²) in [5.74, 6) is 0.180. The quantitative estimate of drug-likeness (QED) is 0.433. The minimum Gasteiger partial charge on any atom is -0.325 e. The van der Waals surface area contributed by atoms with Crippen molar-refractivity contribution in [1.29, 1.82) is 5.26 Å². The summed E-state index contributed by atoms with van der Waals surface area (Å²) in [4.78, 5) is 23.4. The van der Waals surface area contributed by atoms with Crippen LogP contribution in [0.5, 0.6) is 0 Å². The molecule has 0 atom stereocenters. The van der Waals surface area contributed by atoms with Gasteiger partial charge in [-0.25, -0.2) is 9.97 Å². The highest BCUT2D eigenvalue weighted by Gasteiger charge is 2.12. The molecule has 0 aliphatic rings. The predicted molar refractivity (Wildman–Crippen MR) is 137 cm³/mol. The summed E-state index contributed by atoms with van der Waals surface area (Å²) in [6.45, 7) is 11.2. The normalized spacial score (nSPS) is 10.9. The zero-order valence-corrected chi connectivity index (χ0v) is 20.3. The Kier molecular flexibility index (Phi) is 8.72. The van der Waals surface area contributed by atoms with Crippen LogP contribution >= 0.6 is 0 Å². The van der Waals surface area contributed by atoms with Crippen molar-refractivity contribution in [3.63, 3.8) is 0 Å². The molecule has 0 saturated carbocycles. The smallest absolute Gasteiger partial charge is 0.227 e. The van der Waals surface area contributed by atoms with Gasteiger partial charge >= 0.3 is 0 Å². The van der Waals surface area contributed by atoms with E-state index in [9.17, 15) is 10.1 Å². The van der Waals surface area contributed by atoms with Gasteiger partial charge < -0.3 is 15.5 Å². The molecule has 0 aliphatic carbocycles. The van der Waals surface area contributed by atoms with Crippen LogP contribution in [0.4, 0.5) is 17.3 Å². The van der Waals surface area contributed by atoms with Crippen molar-refractivity contribution in [3.8, 4) is 17.3 Å². The van der Waals surface area contributed by atoms with E-state index in [1.54, 1.807) is 24.4 Å². The van der Waals surface area contributed by atoms with Crippen LogP contribution in [0.25, 0.3) is 11.3 Å². The van der Waals surface area contributed by atoms with E-state index in [1.807, 2.05) is 32.0 Å². The number of nitriles is 1. The Labute approximate surface area is 201 Å². The lowest BCUT2D eigenvalue weighted by atomic mass is 10.1. The Morgan fingerprint density at radius 2 is 1.82 bits per heavy atom. The number of aromatic nitrogens is 2. The summed E-state index contributed by atoms with van der Waals surface area (Å²) in [6.07, 6.45) is 2.70. The average molecular weight is 457 g/mol. The average Bonchev–Trinajstić information content (AvgIpc) is 2.86. The third kappa shape index (κ3) is 6.63. The fourth-order valence-corrected chi connectivity index (χ4v) is 3.47. The summed E-state index contributed by atoms with van der Waals surface area (Å²) >= 11 is 0. The molecule has 1 aromatic heterocycles. The number of nitrogens with one attached hydrogen (secondary N) is 2. The fourth-order valence-electron chi connectivity index (χ4n) is 3.47. The SMILES string of the molecule is CCN(CC)CCc1ccc(Nc2nccc(-c3ccc(NC(=O)C(C)C)c(C#N)c3)n2)cc1. The van der Waals surface area contributed by atoms with Crippen LogP contribution in [-0.2, 0) is 11.2 Å². The second kappa shape index (κ2) is 11.9. The third-order valence-corrected chi connectivity index (χ3v) is 5.69. The van der Waals surface area contributed by atoms with E-state index in [0.717, 1.165) is 37.3 Å². The molecule has 176 valence electrons. The first-order valence-electron chi connectivity index (χ1n) is 11.7. The maximum atomic E-state index is 12.0. The van der Waals surface area contributed by atoms with Crippen molar-refractivity contribution in [1.82, 2.24) is 14.9 Å². The van der Waals surface area contributed by atoms with E-state index in [1.165, 1.54) is 5.56 Å². The minimum absolute atomic E-state index is 0.128. The molecule has 0 fully saturated rings. The van der Waals surface area contributed by atoms with Gasteiger partial charge in [-0.1, -0.05) is 45.9 Å². The number of anilines is 3. The second-order valence-corrected chi connectivity index (χ2v) is 8.38. The number of benzene rings is 2. The molecule has 0 unspecified atom stereocenters. The number of carbonyl (C=O) groups excluding carboxylic acids is 1. The molecule has 7 nitrogen and oxygen atoms in total. The van der Waals surface area contributed by atoms with Crippen LogP contribution in [0.15, 0.2) is 54.7 Å². The zero-order valence-electron chi connectivity index (χ0n) is 20.3. The lowest BCUT2D eigenvalue weighted by Gasteiger charge is -2.17. The Hall–Kier alpha value is -3.76. The molecule has 0 spiro atoms. The lowest BCUT2D eigenvalue weighted by molar-refractivity contribution is -0.118. The number of likely N-dealkylation sites (N-methyl/N-ethyl adjacent to an activating group) is 1. The molecule has 3 rings (SSSR count). The lowest BCUT2D eigenvalue weighted by Crippen LogP contribution is -2.25. The molecule has 0 saturated heterocycles. The fraction of sp³-hybridized carbons (Fsp3) is 0.333. The van der Waals surface area contributed by atoms with Crippen LogP contribution in [0, 0.1) is 17.2 Å². The molecular formula is C27H32N6O. The first kappa shape index (κ1) is 24.9. The van der Waals surface area contributed by atoms with Crippen LogP contribution in [0.1, 0.15) is 38.8 Å². The molecule has 2 aromatic carbocycles. The number of hydrogen-bond donors (Lipinski definition) is 2. The third-order valence-electron chi connectivity index (χ3n) is 5.69. The van der Waals surface area contributed by atoms with Crippen LogP contribution in [0.3, 0.4) is 0 Å². The van der Waals surface area contributed by atoms with Gasteiger partial charge in [0.05, 0.1) is 16.9 Å². The van der Waals surface area contributed by atoms with Crippen molar-refractivity contribution >= 4 is 23.2 Å². The van der Waals surface area contributed by atoms with Crippen molar-refractivity contribution in [2.75, 3.05) is 30.3 Å². The number of hydrogen-bond acceptors (Lipinski definition) is 6. The van der Waals surface area contributed by atoms with E-state index < -0.39 is 0 Å². The molecule has 34 heavy (non-hydrogen) atoms. The van der Waals surface area contributed by atoms with E-state index >= 15 is 0 Å². The van der Waals surface area contributed by atoms with Crippen LogP contribution in [0.2, 0.25) is 0 Å². The molecule has 1 amide bonds. The van der Waals surface area contributed by atoms with E-state index in [0.29, 0.717) is 22.9 Å². The number of rotatable bonds is 10. The van der Waals surface area contributed by atoms with Gasteiger partial charge in [-0.3, -0.25) is 4.79 Å². The van der Waals surface area contributed by atoms with Gasteiger partial charge in [0.2, 0.25) is 11.9 Å².